The number of fused-ring (bicyclic) bond motifs is 12. The highest BCUT2D eigenvalue weighted by molar-refractivity contribution is 7.26. The maximum absolute atomic E-state index is 6.27. The van der Waals surface area contributed by atoms with Crippen molar-refractivity contribution in [2.24, 2.45) is 0 Å². The van der Waals surface area contributed by atoms with Gasteiger partial charge in [0.25, 0.3) is 0 Å². The van der Waals surface area contributed by atoms with E-state index in [1.165, 1.54) is 92.0 Å². The molecule has 9 aromatic carbocycles. The molecule has 0 saturated carbocycles. The highest BCUT2D eigenvalue weighted by Gasteiger charge is 2.32. The zero-order valence-corrected chi connectivity index (χ0v) is 33.7. The number of hydrogen-bond acceptors (Lipinski definition) is 2. The predicted octanol–water partition coefficient (Wildman–Crippen LogP) is 16.3. The van der Waals surface area contributed by atoms with Crippen LogP contribution in [-0.2, 0) is 0 Å². The topological polar surface area (TPSA) is 18.1 Å². The van der Waals surface area contributed by atoms with Crippen molar-refractivity contribution in [1.29, 1.82) is 0 Å². The van der Waals surface area contributed by atoms with Crippen molar-refractivity contribution in [3.63, 3.8) is 0 Å². The van der Waals surface area contributed by atoms with Gasteiger partial charge in [-0.05, 0) is 111 Å². The van der Waals surface area contributed by atoms with Gasteiger partial charge in [0.05, 0.1) is 11.0 Å². The van der Waals surface area contributed by atoms with E-state index in [1.54, 1.807) is 0 Å². The van der Waals surface area contributed by atoms with Crippen LogP contribution < -0.4 is 0 Å². The van der Waals surface area contributed by atoms with Crippen LogP contribution >= 0.6 is 11.3 Å². The van der Waals surface area contributed by atoms with Crippen molar-refractivity contribution < 1.29 is 4.42 Å². The van der Waals surface area contributed by atoms with Crippen LogP contribution in [0.1, 0.15) is 35.4 Å². The molecule has 2 atom stereocenters. The van der Waals surface area contributed by atoms with Gasteiger partial charge in [-0.15, -0.1) is 11.3 Å². The number of furan rings is 1. The van der Waals surface area contributed by atoms with E-state index in [0.717, 1.165) is 27.6 Å². The lowest BCUT2D eigenvalue weighted by atomic mass is 9.69. The molecule has 0 aliphatic heterocycles. The van der Waals surface area contributed by atoms with E-state index in [9.17, 15) is 0 Å². The first-order valence-corrected chi connectivity index (χ1v) is 21.7. The second kappa shape index (κ2) is 12.9. The molecule has 1 aliphatic rings. The molecule has 0 saturated heterocycles. The Labute approximate surface area is 351 Å². The summed E-state index contributed by atoms with van der Waals surface area (Å²) >= 11 is 1.88. The fourth-order valence-corrected chi connectivity index (χ4v) is 11.7. The minimum Gasteiger partial charge on any atom is -0.456 e. The van der Waals surface area contributed by atoms with Gasteiger partial charge in [-0.1, -0.05) is 140 Å². The first-order valence-electron chi connectivity index (χ1n) is 20.9. The Hall–Kier alpha value is -7.20. The second-order valence-corrected chi connectivity index (χ2v) is 17.5. The number of benzene rings is 9. The van der Waals surface area contributed by atoms with Gasteiger partial charge in [-0.25, -0.2) is 0 Å². The SMILES string of the molecule is CC1c2ccc(-c3ccc4c(c3)c3ccccc3n4-c3cc(-c4ccc5oc6ccccc6c5c4)c4sc5ccccc5c4c3)cc2-c2ccccc2C1c1ccccc1. The lowest BCUT2D eigenvalue weighted by Crippen LogP contribution is -2.16. The van der Waals surface area contributed by atoms with Gasteiger partial charge in [0, 0.05) is 58.9 Å². The Morgan fingerprint density at radius 2 is 1.12 bits per heavy atom. The van der Waals surface area contributed by atoms with Gasteiger partial charge in [0.1, 0.15) is 11.2 Å². The van der Waals surface area contributed by atoms with Crippen molar-refractivity contribution in [1.82, 2.24) is 4.57 Å². The Morgan fingerprint density at radius 3 is 2.03 bits per heavy atom. The van der Waals surface area contributed by atoms with Crippen molar-refractivity contribution in [3.05, 3.63) is 211 Å². The molecule has 2 unspecified atom stereocenters. The van der Waals surface area contributed by atoms with Crippen LogP contribution in [0.25, 0.3) is 103 Å². The Bertz CT molecular complexity index is 3700. The molecule has 0 N–H and O–H groups in total. The average molecular weight is 784 g/mol. The fraction of sp³-hybridized carbons (Fsp3) is 0.0526. The molecular weight excluding hydrogens is 747 g/mol. The minimum absolute atomic E-state index is 0.323. The maximum atomic E-state index is 6.27. The number of hydrogen-bond donors (Lipinski definition) is 0. The molecular formula is C57H37NOS. The van der Waals surface area contributed by atoms with Gasteiger partial charge >= 0.3 is 0 Å². The van der Waals surface area contributed by atoms with Gasteiger partial charge in [-0.2, -0.15) is 0 Å². The molecule has 0 spiro atoms. The second-order valence-electron chi connectivity index (χ2n) is 16.4. The van der Waals surface area contributed by atoms with Gasteiger partial charge < -0.3 is 8.98 Å². The molecule has 0 radical (unpaired) electrons. The van der Waals surface area contributed by atoms with Crippen LogP contribution in [0.15, 0.2) is 199 Å². The quantitative estimate of drug-likeness (QED) is 0.174. The van der Waals surface area contributed by atoms with E-state index < -0.39 is 0 Å². The fourth-order valence-electron chi connectivity index (χ4n) is 10.4. The number of para-hydroxylation sites is 2. The molecule has 0 fully saturated rings. The molecule has 0 bridgehead atoms. The monoisotopic (exact) mass is 783 g/mol. The van der Waals surface area contributed by atoms with E-state index in [4.69, 9.17) is 4.42 Å². The molecule has 0 amide bonds. The lowest BCUT2D eigenvalue weighted by molar-refractivity contribution is 0.649. The van der Waals surface area contributed by atoms with Crippen LogP contribution in [0.3, 0.4) is 0 Å². The first kappa shape index (κ1) is 33.7. The summed E-state index contributed by atoms with van der Waals surface area (Å²) in [6, 6.07) is 71.9. The Morgan fingerprint density at radius 1 is 0.433 bits per heavy atom. The number of nitrogens with zero attached hydrogens (tertiary/aromatic N) is 1. The Kier molecular flexibility index (Phi) is 7.25. The molecule has 13 rings (SSSR count). The smallest absolute Gasteiger partial charge is 0.135 e. The minimum atomic E-state index is 0.323. The molecule has 282 valence electrons. The van der Waals surface area contributed by atoms with E-state index >= 15 is 0 Å². The third-order valence-corrected chi connectivity index (χ3v) is 14.4. The van der Waals surface area contributed by atoms with E-state index in [0.29, 0.717) is 11.8 Å². The van der Waals surface area contributed by atoms with Crippen molar-refractivity contribution in [2.75, 3.05) is 0 Å². The Balaban J connectivity index is 0.993. The largest absolute Gasteiger partial charge is 0.456 e. The standard InChI is InChI=1S/C57H37NOS/c1-34-40-26-23-36(29-47(40)41-15-5-6-19-45(41)56(34)35-13-3-2-4-14-35)37-24-27-52-48(30-37)42-16-7-10-20-51(42)58(52)39-32-46(57-50(33-39)44-18-9-12-22-55(44)60-57)38-25-28-54-49(31-38)43-17-8-11-21-53(43)59-54/h2-34,56H,1H3. The van der Waals surface area contributed by atoms with Crippen LogP contribution in [0, 0.1) is 0 Å². The zero-order valence-electron chi connectivity index (χ0n) is 32.9. The van der Waals surface area contributed by atoms with E-state index in [1.807, 2.05) is 17.4 Å². The van der Waals surface area contributed by atoms with Crippen LogP contribution in [0.5, 0.6) is 0 Å². The van der Waals surface area contributed by atoms with Crippen LogP contribution in [0.2, 0.25) is 0 Å². The molecule has 12 aromatic rings. The van der Waals surface area contributed by atoms with Crippen molar-refractivity contribution >= 4 is 75.3 Å². The summed E-state index contributed by atoms with van der Waals surface area (Å²) < 4.78 is 11.3. The average Bonchev–Trinajstić information content (AvgIpc) is 3.98. The molecule has 1 aliphatic carbocycles. The summed E-state index contributed by atoms with van der Waals surface area (Å²) in [6.45, 7) is 2.40. The van der Waals surface area contributed by atoms with Gasteiger partial charge in [0.15, 0.2) is 0 Å². The predicted molar refractivity (Wildman–Crippen MR) is 254 cm³/mol. The third kappa shape index (κ3) is 4.93. The third-order valence-electron chi connectivity index (χ3n) is 13.2. The maximum Gasteiger partial charge on any atom is 0.135 e. The summed E-state index contributed by atoms with van der Waals surface area (Å²) in [5, 5.41) is 7.35. The van der Waals surface area contributed by atoms with E-state index in [-0.39, 0.29) is 0 Å². The molecule has 60 heavy (non-hydrogen) atoms. The summed E-state index contributed by atoms with van der Waals surface area (Å²) in [6.07, 6.45) is 0. The number of rotatable bonds is 4. The van der Waals surface area contributed by atoms with Crippen LogP contribution in [0.4, 0.5) is 0 Å². The summed E-state index contributed by atoms with van der Waals surface area (Å²) in [7, 11) is 0. The summed E-state index contributed by atoms with van der Waals surface area (Å²) in [5.74, 6) is 0.679. The lowest BCUT2D eigenvalue weighted by Gasteiger charge is -2.34. The highest BCUT2D eigenvalue weighted by Crippen LogP contribution is 2.51. The van der Waals surface area contributed by atoms with E-state index in [2.05, 4.69) is 200 Å². The number of thiophene rings is 1. The van der Waals surface area contributed by atoms with Crippen LogP contribution in [-0.4, -0.2) is 4.57 Å². The van der Waals surface area contributed by atoms with Gasteiger partial charge in [-0.3, -0.25) is 0 Å². The van der Waals surface area contributed by atoms with Gasteiger partial charge in [0.2, 0.25) is 0 Å². The molecule has 2 nitrogen and oxygen atoms in total. The normalized spacial score (nSPS) is 15.1. The molecule has 3 aromatic heterocycles. The van der Waals surface area contributed by atoms with Crippen molar-refractivity contribution in [2.45, 2.75) is 18.8 Å². The molecule has 3 heteroatoms. The summed E-state index contributed by atoms with van der Waals surface area (Å²) in [5.41, 5.74) is 17.2. The zero-order chi connectivity index (χ0) is 39.5. The van der Waals surface area contributed by atoms with Crippen molar-refractivity contribution in [3.8, 4) is 39.1 Å². The highest BCUT2D eigenvalue weighted by atomic mass is 32.1. The first-order chi connectivity index (χ1) is 29.7. The number of aromatic nitrogens is 1. The summed E-state index contributed by atoms with van der Waals surface area (Å²) in [4.78, 5) is 0. The molecule has 3 heterocycles.